The van der Waals surface area contributed by atoms with Gasteiger partial charge in [-0.05, 0) is 70.9 Å². The van der Waals surface area contributed by atoms with Crippen molar-refractivity contribution in [3.05, 3.63) is 71.3 Å². The van der Waals surface area contributed by atoms with Crippen molar-refractivity contribution >= 4 is 5.97 Å². The molecule has 0 bridgehead atoms. The van der Waals surface area contributed by atoms with Crippen molar-refractivity contribution in [1.29, 1.82) is 5.26 Å². The van der Waals surface area contributed by atoms with Gasteiger partial charge in [0.15, 0.2) is 0 Å². The second-order valence-electron chi connectivity index (χ2n) is 8.51. The van der Waals surface area contributed by atoms with Gasteiger partial charge in [-0.25, -0.2) is 0 Å². The number of benzene rings is 2. The van der Waals surface area contributed by atoms with Crippen molar-refractivity contribution in [2.24, 2.45) is 5.41 Å². The van der Waals surface area contributed by atoms with Gasteiger partial charge in [0.1, 0.15) is 5.60 Å². The minimum atomic E-state index is -0.673. The van der Waals surface area contributed by atoms with E-state index in [2.05, 4.69) is 17.9 Å². The standard InChI is InChI=1S/C25H27NO2/c1-24(2,3)28-23(27)25(4,5)17-22(21-9-7-6-8-10-21)16-15-19-11-13-20(18-26)14-12-19/h6-14,22H,17H2,1-5H3/t22-/m0/s1. The first-order chi connectivity index (χ1) is 13.1. The van der Waals surface area contributed by atoms with Crippen molar-refractivity contribution in [3.8, 4) is 17.9 Å². The van der Waals surface area contributed by atoms with Gasteiger partial charge in [0.05, 0.1) is 17.0 Å². The fourth-order valence-electron chi connectivity index (χ4n) is 2.75. The smallest absolute Gasteiger partial charge is 0.312 e. The Kier molecular flexibility index (Phi) is 6.66. The minimum absolute atomic E-state index is 0.112. The molecule has 2 aromatic rings. The van der Waals surface area contributed by atoms with Gasteiger partial charge in [-0.2, -0.15) is 5.26 Å². The second kappa shape index (κ2) is 8.77. The van der Waals surface area contributed by atoms with Crippen LogP contribution in [0, 0.1) is 28.6 Å². The molecule has 144 valence electrons. The van der Waals surface area contributed by atoms with Crippen LogP contribution < -0.4 is 0 Å². The van der Waals surface area contributed by atoms with Crippen LogP contribution in [-0.4, -0.2) is 11.6 Å². The normalized spacial score (nSPS) is 12.3. The summed E-state index contributed by atoms with van der Waals surface area (Å²) in [7, 11) is 0. The largest absolute Gasteiger partial charge is 0.460 e. The van der Waals surface area contributed by atoms with E-state index >= 15 is 0 Å². The molecule has 0 aliphatic rings. The summed E-state index contributed by atoms with van der Waals surface area (Å²) in [6.45, 7) is 9.43. The molecule has 0 N–H and O–H groups in total. The third-order valence-electron chi connectivity index (χ3n) is 4.27. The van der Waals surface area contributed by atoms with Gasteiger partial charge in [-0.15, -0.1) is 0 Å². The second-order valence-corrected chi connectivity index (χ2v) is 8.51. The molecule has 28 heavy (non-hydrogen) atoms. The Morgan fingerprint density at radius 2 is 1.54 bits per heavy atom. The van der Waals surface area contributed by atoms with Crippen molar-refractivity contribution < 1.29 is 9.53 Å². The third-order valence-corrected chi connectivity index (χ3v) is 4.27. The number of nitriles is 1. The molecule has 0 aliphatic carbocycles. The molecule has 0 unspecified atom stereocenters. The van der Waals surface area contributed by atoms with Gasteiger partial charge in [-0.3, -0.25) is 4.79 Å². The first kappa shape index (κ1) is 21.3. The van der Waals surface area contributed by atoms with Crippen molar-refractivity contribution in [1.82, 2.24) is 0 Å². The lowest BCUT2D eigenvalue weighted by atomic mass is 9.80. The fraction of sp³-hybridized carbons (Fsp3) is 0.360. The summed E-state index contributed by atoms with van der Waals surface area (Å²) in [5.74, 6) is 6.18. The summed E-state index contributed by atoms with van der Waals surface area (Å²) in [5.41, 5.74) is 1.32. The quantitative estimate of drug-likeness (QED) is 0.529. The molecule has 0 saturated heterocycles. The minimum Gasteiger partial charge on any atom is -0.460 e. The third kappa shape index (κ3) is 6.29. The summed E-state index contributed by atoms with van der Waals surface area (Å²) in [5, 5.41) is 8.93. The molecule has 0 heterocycles. The first-order valence-corrected chi connectivity index (χ1v) is 9.41. The van der Waals surface area contributed by atoms with Crippen molar-refractivity contribution in [2.45, 2.75) is 52.6 Å². The van der Waals surface area contributed by atoms with Crippen LogP contribution in [0.25, 0.3) is 0 Å². The number of nitrogens with zero attached hydrogens (tertiary/aromatic N) is 1. The monoisotopic (exact) mass is 373 g/mol. The van der Waals surface area contributed by atoms with Crippen LogP contribution in [-0.2, 0) is 9.53 Å². The number of hydrogen-bond acceptors (Lipinski definition) is 3. The lowest BCUT2D eigenvalue weighted by Gasteiger charge is -2.30. The molecule has 3 heteroatoms. The highest BCUT2D eigenvalue weighted by Crippen LogP contribution is 2.33. The lowest BCUT2D eigenvalue weighted by molar-refractivity contribution is -0.166. The fourth-order valence-corrected chi connectivity index (χ4v) is 2.75. The van der Waals surface area contributed by atoms with E-state index in [1.54, 1.807) is 12.1 Å². The highest BCUT2D eigenvalue weighted by atomic mass is 16.6. The highest BCUT2D eigenvalue weighted by Gasteiger charge is 2.35. The van der Waals surface area contributed by atoms with Gasteiger partial charge < -0.3 is 4.74 Å². The SMILES string of the molecule is CC(C)(C)OC(=O)C(C)(C)C[C@H](C#Cc1ccc(C#N)cc1)c1ccccc1. The van der Waals surface area contributed by atoms with Crippen LogP contribution in [0.15, 0.2) is 54.6 Å². The number of rotatable bonds is 4. The molecule has 0 aliphatic heterocycles. The average Bonchev–Trinajstić information content (AvgIpc) is 2.65. The Bertz CT molecular complexity index is 901. The van der Waals surface area contributed by atoms with Gasteiger partial charge in [0, 0.05) is 11.5 Å². The van der Waals surface area contributed by atoms with Crippen molar-refractivity contribution in [2.75, 3.05) is 0 Å². The van der Waals surface area contributed by atoms with E-state index in [1.165, 1.54) is 0 Å². The molecule has 2 aromatic carbocycles. The number of carbonyl (C=O) groups is 1. The van der Waals surface area contributed by atoms with E-state index in [-0.39, 0.29) is 11.9 Å². The summed E-state index contributed by atoms with van der Waals surface area (Å²) in [6.07, 6.45) is 0.551. The molecular formula is C25H27NO2. The van der Waals surface area contributed by atoms with E-state index in [0.717, 1.165) is 11.1 Å². The Morgan fingerprint density at radius 3 is 2.07 bits per heavy atom. The zero-order valence-electron chi connectivity index (χ0n) is 17.2. The Morgan fingerprint density at radius 1 is 0.964 bits per heavy atom. The average molecular weight is 373 g/mol. The topological polar surface area (TPSA) is 50.1 Å². The molecule has 0 amide bonds. The van der Waals surface area contributed by atoms with E-state index in [4.69, 9.17) is 10.00 Å². The highest BCUT2D eigenvalue weighted by molar-refractivity contribution is 5.76. The number of esters is 1. The first-order valence-electron chi connectivity index (χ1n) is 9.41. The van der Waals surface area contributed by atoms with Crippen LogP contribution in [0.2, 0.25) is 0 Å². The molecular weight excluding hydrogens is 346 g/mol. The van der Waals surface area contributed by atoms with Crippen molar-refractivity contribution in [3.63, 3.8) is 0 Å². The molecule has 0 radical (unpaired) electrons. The van der Waals surface area contributed by atoms with E-state index in [9.17, 15) is 4.79 Å². The van der Waals surface area contributed by atoms with Crippen LogP contribution >= 0.6 is 0 Å². The summed E-state index contributed by atoms with van der Waals surface area (Å²) >= 11 is 0. The summed E-state index contributed by atoms with van der Waals surface area (Å²) in [4.78, 5) is 12.7. The van der Waals surface area contributed by atoms with Crippen LogP contribution in [0.3, 0.4) is 0 Å². The van der Waals surface area contributed by atoms with Crippen LogP contribution in [0.4, 0.5) is 0 Å². The van der Waals surface area contributed by atoms with E-state index in [0.29, 0.717) is 12.0 Å². The molecule has 0 fully saturated rings. The van der Waals surface area contributed by atoms with E-state index < -0.39 is 11.0 Å². The summed E-state index contributed by atoms with van der Waals surface area (Å²) < 4.78 is 5.61. The number of hydrogen-bond donors (Lipinski definition) is 0. The Hall–Kier alpha value is -3.04. The number of ether oxygens (including phenoxy) is 1. The lowest BCUT2D eigenvalue weighted by Crippen LogP contribution is -2.34. The Balaban J connectivity index is 2.29. The van der Waals surface area contributed by atoms with Crippen LogP contribution in [0.1, 0.15) is 63.6 Å². The van der Waals surface area contributed by atoms with Gasteiger partial charge in [-0.1, -0.05) is 42.2 Å². The molecule has 3 nitrogen and oxygen atoms in total. The predicted molar refractivity (Wildman–Crippen MR) is 111 cm³/mol. The molecule has 0 spiro atoms. The maximum absolute atomic E-state index is 12.7. The van der Waals surface area contributed by atoms with Gasteiger partial charge in [0.2, 0.25) is 0 Å². The molecule has 2 rings (SSSR count). The summed E-state index contributed by atoms with van der Waals surface area (Å²) in [6, 6.07) is 19.3. The zero-order valence-corrected chi connectivity index (χ0v) is 17.2. The molecule has 0 aromatic heterocycles. The maximum atomic E-state index is 12.7. The van der Waals surface area contributed by atoms with Gasteiger partial charge in [0.25, 0.3) is 0 Å². The zero-order chi connectivity index (χ0) is 20.8. The Labute approximate surface area is 168 Å². The molecule has 0 saturated carbocycles. The van der Waals surface area contributed by atoms with E-state index in [1.807, 2.05) is 77.1 Å². The molecule has 1 atom stereocenters. The maximum Gasteiger partial charge on any atom is 0.312 e. The predicted octanol–water partition coefficient (Wildman–Crippen LogP) is 5.45. The van der Waals surface area contributed by atoms with Gasteiger partial charge >= 0.3 is 5.97 Å². The number of carbonyl (C=O) groups excluding carboxylic acids is 1. The van der Waals surface area contributed by atoms with Crippen LogP contribution in [0.5, 0.6) is 0 Å².